The van der Waals surface area contributed by atoms with Crippen LogP contribution < -0.4 is 10.2 Å². The third kappa shape index (κ3) is 31.8. The lowest BCUT2D eigenvalue weighted by Gasteiger charge is -2.30. The maximum absolute atomic E-state index is 12.7. The highest BCUT2D eigenvalue weighted by Crippen LogP contribution is 2.38. The summed E-state index contributed by atoms with van der Waals surface area (Å²) in [6.07, 6.45) is 28.1. The summed E-state index contributed by atoms with van der Waals surface area (Å²) in [5.41, 5.74) is 0. The molecule has 0 saturated heterocycles. The van der Waals surface area contributed by atoms with E-state index in [-0.39, 0.29) is 19.1 Å². The highest BCUT2D eigenvalue weighted by Gasteiger charge is 2.24. The second-order valence-electron chi connectivity index (χ2n) is 14.3. The first kappa shape index (κ1) is 44.5. The van der Waals surface area contributed by atoms with Gasteiger partial charge in [-0.1, -0.05) is 155 Å². The molecule has 0 heterocycles. The van der Waals surface area contributed by atoms with Gasteiger partial charge in [0.25, 0.3) is 7.82 Å². The monoisotopic (exact) mass is 663 g/mol. The van der Waals surface area contributed by atoms with E-state index in [0.29, 0.717) is 23.9 Å². The van der Waals surface area contributed by atoms with E-state index in [2.05, 4.69) is 19.2 Å². The quantitative estimate of drug-likeness (QED) is 0.0405. The largest absolute Gasteiger partial charge is 0.756 e. The molecule has 1 amide bonds. The average Bonchev–Trinajstić information content (AvgIpc) is 2.97. The van der Waals surface area contributed by atoms with Crippen LogP contribution in [0.2, 0.25) is 0 Å². The Morgan fingerprint density at radius 1 is 0.689 bits per heavy atom. The van der Waals surface area contributed by atoms with Crippen LogP contribution in [0.4, 0.5) is 0 Å². The molecule has 0 bridgehead atoms. The zero-order valence-electron chi connectivity index (χ0n) is 30.3. The summed E-state index contributed by atoms with van der Waals surface area (Å²) < 4.78 is 23.1. The van der Waals surface area contributed by atoms with E-state index in [9.17, 15) is 19.4 Å². The molecule has 1 unspecified atom stereocenters. The minimum atomic E-state index is -4.54. The van der Waals surface area contributed by atoms with Gasteiger partial charge in [-0.25, -0.2) is 0 Å². The Kier molecular flexibility index (Phi) is 29.3. The van der Waals surface area contributed by atoms with Gasteiger partial charge < -0.3 is 28.8 Å². The van der Waals surface area contributed by atoms with Crippen LogP contribution in [0.25, 0.3) is 0 Å². The molecular formula is C36H75N2O6P. The fraction of sp³-hybridized carbons (Fsp3) is 0.972. The van der Waals surface area contributed by atoms with Crippen LogP contribution in [0.5, 0.6) is 0 Å². The molecule has 0 aromatic rings. The zero-order valence-corrected chi connectivity index (χ0v) is 31.2. The molecule has 0 radical (unpaired) electrons. The first-order valence-electron chi connectivity index (χ1n) is 18.9. The molecule has 0 aliphatic rings. The molecule has 3 atom stereocenters. The maximum Gasteiger partial charge on any atom is 0.268 e. The maximum atomic E-state index is 12.7. The van der Waals surface area contributed by atoms with Gasteiger partial charge in [0, 0.05) is 6.42 Å². The summed E-state index contributed by atoms with van der Waals surface area (Å²) >= 11 is 0. The SMILES string of the molecule is CCCCCCCCCCCCCCC(=O)N[C@@H](COP(=O)([O-])OCC[N+](C)(C)C)[C@H](O)CCCCCCCCCCCCC. The molecular weight excluding hydrogens is 587 g/mol. The Morgan fingerprint density at radius 2 is 1.09 bits per heavy atom. The highest BCUT2D eigenvalue weighted by molar-refractivity contribution is 7.45. The number of aliphatic hydroxyl groups is 1. The molecule has 0 saturated carbocycles. The standard InChI is InChI=1S/C36H75N2O6P/c1-6-8-10-12-14-16-18-20-22-24-26-28-30-36(40)37-34(33-44-45(41,42)43-32-31-38(3,4)5)35(39)29-27-25-23-21-19-17-15-13-11-9-7-2/h34-35,39H,6-33H2,1-5H3,(H-,37,40,41,42)/t34-,35+/m0/s1. The van der Waals surface area contributed by atoms with Gasteiger partial charge in [-0.15, -0.1) is 0 Å². The molecule has 0 fully saturated rings. The third-order valence-corrected chi connectivity index (χ3v) is 9.56. The topological polar surface area (TPSA) is 108 Å². The second kappa shape index (κ2) is 29.6. The minimum Gasteiger partial charge on any atom is -0.756 e. The van der Waals surface area contributed by atoms with Crippen molar-refractivity contribution in [3.05, 3.63) is 0 Å². The number of carbonyl (C=O) groups excluding carboxylic acids is 1. The number of carbonyl (C=O) groups is 1. The summed E-state index contributed by atoms with van der Waals surface area (Å²) in [6.45, 7) is 4.69. The third-order valence-electron chi connectivity index (χ3n) is 8.60. The summed E-state index contributed by atoms with van der Waals surface area (Å²) in [5.74, 6) is -0.166. The fourth-order valence-corrected chi connectivity index (χ4v) is 6.23. The molecule has 0 rings (SSSR count). The van der Waals surface area contributed by atoms with Crippen molar-refractivity contribution in [2.75, 3.05) is 40.9 Å². The van der Waals surface area contributed by atoms with Crippen LogP contribution in [-0.4, -0.2) is 68.5 Å². The number of likely N-dealkylation sites (N-methyl/N-ethyl adjacent to an activating group) is 1. The summed E-state index contributed by atoms with van der Waals surface area (Å²) in [6, 6.07) is -0.790. The van der Waals surface area contributed by atoms with E-state index in [0.717, 1.165) is 38.5 Å². The van der Waals surface area contributed by atoms with E-state index in [1.54, 1.807) is 0 Å². The van der Waals surface area contributed by atoms with Crippen LogP contribution >= 0.6 is 7.82 Å². The number of unbranched alkanes of at least 4 members (excludes halogenated alkanes) is 21. The van der Waals surface area contributed by atoms with E-state index >= 15 is 0 Å². The van der Waals surface area contributed by atoms with Crippen LogP contribution in [0.1, 0.15) is 174 Å². The van der Waals surface area contributed by atoms with Gasteiger partial charge in [0.2, 0.25) is 5.91 Å². The van der Waals surface area contributed by atoms with Crippen molar-refractivity contribution >= 4 is 13.7 Å². The van der Waals surface area contributed by atoms with E-state index in [4.69, 9.17) is 9.05 Å². The number of nitrogens with zero attached hydrogens (tertiary/aromatic N) is 1. The van der Waals surface area contributed by atoms with Gasteiger partial charge in [0.1, 0.15) is 13.2 Å². The van der Waals surface area contributed by atoms with Gasteiger partial charge in [-0.05, 0) is 12.8 Å². The average molecular weight is 663 g/mol. The second-order valence-corrected chi connectivity index (χ2v) is 15.7. The molecule has 270 valence electrons. The zero-order chi connectivity index (χ0) is 33.7. The first-order chi connectivity index (χ1) is 21.5. The van der Waals surface area contributed by atoms with Crippen molar-refractivity contribution < 1.29 is 32.9 Å². The number of nitrogens with one attached hydrogen (secondary N) is 1. The minimum absolute atomic E-state index is 0.0154. The fourth-order valence-electron chi connectivity index (χ4n) is 5.51. The predicted molar refractivity (Wildman–Crippen MR) is 187 cm³/mol. The van der Waals surface area contributed by atoms with Crippen LogP contribution in [0.3, 0.4) is 0 Å². The molecule has 0 aromatic heterocycles. The Bertz CT molecular complexity index is 718. The number of phosphoric acid groups is 1. The normalized spacial score (nSPS) is 14.7. The molecule has 8 nitrogen and oxygen atoms in total. The van der Waals surface area contributed by atoms with Gasteiger partial charge in [0.05, 0.1) is 39.9 Å². The number of phosphoric ester groups is 1. The lowest BCUT2D eigenvalue weighted by molar-refractivity contribution is -0.870. The number of rotatable bonds is 34. The summed E-state index contributed by atoms with van der Waals surface area (Å²) in [5, 5.41) is 13.8. The molecule has 0 aromatic carbocycles. The molecule has 2 N–H and O–H groups in total. The Hall–Kier alpha value is -0.500. The molecule has 45 heavy (non-hydrogen) atoms. The van der Waals surface area contributed by atoms with Crippen molar-refractivity contribution in [3.8, 4) is 0 Å². The number of hydrogen-bond acceptors (Lipinski definition) is 6. The van der Waals surface area contributed by atoms with Crippen molar-refractivity contribution in [1.29, 1.82) is 0 Å². The Labute approximate surface area is 279 Å². The number of aliphatic hydroxyl groups excluding tert-OH is 1. The molecule has 0 aliphatic carbocycles. The van der Waals surface area contributed by atoms with E-state index in [1.165, 1.54) is 109 Å². The highest BCUT2D eigenvalue weighted by atomic mass is 31.2. The predicted octanol–water partition coefficient (Wildman–Crippen LogP) is 8.83. The number of amides is 1. The number of hydrogen-bond donors (Lipinski definition) is 2. The van der Waals surface area contributed by atoms with Crippen LogP contribution in [0, 0.1) is 0 Å². The van der Waals surface area contributed by atoms with E-state index < -0.39 is 20.0 Å². The first-order valence-corrected chi connectivity index (χ1v) is 20.3. The summed E-state index contributed by atoms with van der Waals surface area (Å²) in [4.78, 5) is 25.1. The Morgan fingerprint density at radius 3 is 1.51 bits per heavy atom. The van der Waals surface area contributed by atoms with E-state index in [1.807, 2.05) is 21.1 Å². The lowest BCUT2D eigenvalue weighted by atomic mass is 10.0. The van der Waals surface area contributed by atoms with Crippen molar-refractivity contribution in [2.45, 2.75) is 187 Å². The van der Waals surface area contributed by atoms with Crippen molar-refractivity contribution in [1.82, 2.24) is 5.32 Å². The smallest absolute Gasteiger partial charge is 0.268 e. The molecule has 0 aliphatic heterocycles. The van der Waals surface area contributed by atoms with Gasteiger partial charge in [-0.2, -0.15) is 0 Å². The van der Waals surface area contributed by atoms with Gasteiger partial charge >= 0.3 is 0 Å². The van der Waals surface area contributed by atoms with Gasteiger partial charge in [0.15, 0.2) is 0 Å². The van der Waals surface area contributed by atoms with Crippen molar-refractivity contribution in [3.63, 3.8) is 0 Å². The molecule has 0 spiro atoms. The van der Waals surface area contributed by atoms with Gasteiger partial charge in [-0.3, -0.25) is 9.36 Å². The number of quaternary nitrogens is 1. The molecule has 9 heteroatoms. The Balaban J connectivity index is 4.46. The van der Waals surface area contributed by atoms with Crippen molar-refractivity contribution in [2.24, 2.45) is 0 Å². The lowest BCUT2D eigenvalue weighted by Crippen LogP contribution is -2.46. The van der Waals surface area contributed by atoms with Crippen LogP contribution in [0.15, 0.2) is 0 Å². The summed E-state index contributed by atoms with van der Waals surface area (Å²) in [7, 11) is 1.31. The van der Waals surface area contributed by atoms with Crippen LogP contribution in [-0.2, 0) is 18.4 Å².